The zero-order valence-electron chi connectivity index (χ0n) is 10.4. The van der Waals surface area contributed by atoms with Crippen molar-refractivity contribution >= 4 is 6.41 Å². The van der Waals surface area contributed by atoms with E-state index in [0.29, 0.717) is 11.3 Å². The van der Waals surface area contributed by atoms with Gasteiger partial charge in [-0.05, 0) is 37.1 Å². The first-order chi connectivity index (χ1) is 7.20. The Morgan fingerprint density at radius 1 is 1.53 bits per heavy atom. The quantitative estimate of drug-likeness (QED) is 0.702. The fourth-order valence-electron chi connectivity index (χ4n) is 2.29. The van der Waals surface area contributed by atoms with Gasteiger partial charge < -0.3 is 11.1 Å². The van der Waals surface area contributed by atoms with E-state index in [0.717, 1.165) is 25.9 Å². The van der Waals surface area contributed by atoms with E-state index in [-0.39, 0.29) is 0 Å². The number of carbonyl (C=O) groups is 1. The van der Waals surface area contributed by atoms with Crippen molar-refractivity contribution in [2.45, 2.75) is 46.5 Å². The van der Waals surface area contributed by atoms with Crippen LogP contribution in [0.1, 0.15) is 46.5 Å². The van der Waals surface area contributed by atoms with Crippen molar-refractivity contribution in [2.75, 3.05) is 13.1 Å². The zero-order chi connectivity index (χ0) is 11.7. The van der Waals surface area contributed by atoms with Crippen LogP contribution in [0.4, 0.5) is 0 Å². The van der Waals surface area contributed by atoms with Crippen molar-refractivity contribution in [3.63, 3.8) is 0 Å². The first-order valence-electron chi connectivity index (χ1n) is 6.07. The zero-order valence-corrected chi connectivity index (χ0v) is 10.4. The van der Waals surface area contributed by atoms with E-state index >= 15 is 0 Å². The molecule has 2 atom stereocenters. The largest absolute Gasteiger partial charge is 0.358 e. The molecule has 1 rings (SSSR count). The Bertz CT molecular complexity index is 173. The molecule has 3 N–H and O–H groups in total. The average Bonchev–Trinajstić information content (AvgIpc) is 2.29. The minimum atomic E-state index is 0.313. The number of nitrogens with one attached hydrogen (secondary N) is 1. The highest BCUT2D eigenvalue weighted by molar-refractivity contribution is 5.45. The number of hydrogen-bond acceptors (Lipinski definition) is 2. The second-order valence-electron chi connectivity index (χ2n) is 4.50. The fourth-order valence-corrected chi connectivity index (χ4v) is 2.29. The van der Waals surface area contributed by atoms with Gasteiger partial charge in [0.05, 0.1) is 0 Å². The molecule has 3 heteroatoms. The lowest BCUT2D eigenvalue weighted by molar-refractivity contribution is -0.109. The molecule has 1 amide bonds. The van der Waals surface area contributed by atoms with Gasteiger partial charge in [0.1, 0.15) is 0 Å². The molecule has 1 fully saturated rings. The molecule has 3 nitrogen and oxygen atoms in total. The molecule has 15 heavy (non-hydrogen) atoms. The standard InChI is InChI=1S/C10H20N2O.C2H6/c1-10(7-11)4-2-3-9(5-10)6-12-8-13;1-2/h8-9H,2-7,11H2,1H3,(H,12,13);1-2H3/t9-,10+;/m1./s1. The lowest BCUT2D eigenvalue weighted by Crippen LogP contribution is -2.36. The molecule has 0 unspecified atom stereocenters. The molecule has 0 spiro atoms. The Hall–Kier alpha value is -0.570. The Morgan fingerprint density at radius 3 is 2.73 bits per heavy atom. The van der Waals surface area contributed by atoms with Crippen molar-refractivity contribution in [2.24, 2.45) is 17.1 Å². The predicted molar refractivity (Wildman–Crippen MR) is 64.5 cm³/mol. The third kappa shape index (κ3) is 5.17. The summed E-state index contributed by atoms with van der Waals surface area (Å²) in [5.41, 5.74) is 6.05. The molecule has 0 heterocycles. The maximum absolute atomic E-state index is 10.1. The molecule has 0 aromatic heterocycles. The monoisotopic (exact) mass is 214 g/mol. The van der Waals surface area contributed by atoms with Crippen LogP contribution in [0.3, 0.4) is 0 Å². The highest BCUT2D eigenvalue weighted by atomic mass is 16.1. The van der Waals surface area contributed by atoms with Gasteiger partial charge in [-0.2, -0.15) is 0 Å². The van der Waals surface area contributed by atoms with E-state index in [1.807, 2.05) is 13.8 Å². The molecule has 0 radical (unpaired) electrons. The van der Waals surface area contributed by atoms with Crippen LogP contribution in [-0.4, -0.2) is 19.5 Å². The van der Waals surface area contributed by atoms with E-state index in [1.54, 1.807) is 0 Å². The summed E-state index contributed by atoms with van der Waals surface area (Å²) in [6, 6.07) is 0. The maximum atomic E-state index is 10.1. The molecule has 0 aromatic rings. The molecule has 0 saturated heterocycles. The summed E-state index contributed by atoms with van der Waals surface area (Å²) in [7, 11) is 0. The van der Waals surface area contributed by atoms with Crippen molar-refractivity contribution < 1.29 is 4.79 Å². The second-order valence-corrected chi connectivity index (χ2v) is 4.50. The van der Waals surface area contributed by atoms with Crippen molar-refractivity contribution in [3.05, 3.63) is 0 Å². The molecular weight excluding hydrogens is 188 g/mol. The van der Waals surface area contributed by atoms with Crippen LogP contribution in [0.2, 0.25) is 0 Å². The summed E-state index contributed by atoms with van der Waals surface area (Å²) in [6.07, 6.45) is 5.66. The van der Waals surface area contributed by atoms with Gasteiger partial charge in [-0.15, -0.1) is 0 Å². The Kier molecular flexibility index (Phi) is 7.39. The van der Waals surface area contributed by atoms with E-state index in [4.69, 9.17) is 5.73 Å². The van der Waals surface area contributed by atoms with Gasteiger partial charge in [-0.25, -0.2) is 0 Å². The summed E-state index contributed by atoms with van der Waals surface area (Å²) in [6.45, 7) is 7.84. The molecule has 1 aliphatic carbocycles. The first kappa shape index (κ1) is 14.4. The number of amides is 1. The minimum Gasteiger partial charge on any atom is -0.358 e. The van der Waals surface area contributed by atoms with E-state index in [2.05, 4.69) is 12.2 Å². The van der Waals surface area contributed by atoms with Gasteiger partial charge in [0.15, 0.2) is 0 Å². The van der Waals surface area contributed by atoms with Crippen molar-refractivity contribution in [1.82, 2.24) is 5.32 Å². The molecule has 90 valence electrons. The normalized spacial score (nSPS) is 30.0. The van der Waals surface area contributed by atoms with Gasteiger partial charge in [0.2, 0.25) is 6.41 Å². The Morgan fingerprint density at radius 2 is 2.20 bits per heavy atom. The molecule has 1 saturated carbocycles. The third-order valence-corrected chi connectivity index (χ3v) is 3.16. The maximum Gasteiger partial charge on any atom is 0.207 e. The predicted octanol–water partition coefficient (Wildman–Crippen LogP) is 1.91. The van der Waals surface area contributed by atoms with Crippen LogP contribution >= 0.6 is 0 Å². The summed E-state index contributed by atoms with van der Waals surface area (Å²) in [4.78, 5) is 10.1. The topological polar surface area (TPSA) is 55.1 Å². The van der Waals surface area contributed by atoms with E-state index < -0.39 is 0 Å². The molecular formula is C12H26N2O. The van der Waals surface area contributed by atoms with E-state index in [1.165, 1.54) is 19.3 Å². The van der Waals surface area contributed by atoms with Gasteiger partial charge in [0.25, 0.3) is 0 Å². The summed E-state index contributed by atoms with van der Waals surface area (Å²) < 4.78 is 0. The SMILES string of the molecule is CC.C[C@]1(CN)CCC[C@@H](CNC=O)C1. The minimum absolute atomic E-state index is 0.313. The van der Waals surface area contributed by atoms with Crippen molar-refractivity contribution in [1.29, 1.82) is 0 Å². The summed E-state index contributed by atoms with van der Waals surface area (Å²) in [5, 5.41) is 2.76. The Balaban J connectivity index is 0.000000921. The average molecular weight is 214 g/mol. The third-order valence-electron chi connectivity index (χ3n) is 3.16. The van der Waals surface area contributed by atoms with Crippen LogP contribution in [0.5, 0.6) is 0 Å². The fraction of sp³-hybridized carbons (Fsp3) is 0.917. The van der Waals surface area contributed by atoms with Crippen molar-refractivity contribution in [3.8, 4) is 0 Å². The molecule has 1 aliphatic rings. The number of rotatable bonds is 4. The summed E-state index contributed by atoms with van der Waals surface area (Å²) >= 11 is 0. The highest BCUT2D eigenvalue weighted by Crippen LogP contribution is 2.37. The smallest absolute Gasteiger partial charge is 0.207 e. The van der Waals surface area contributed by atoms with Crippen LogP contribution < -0.4 is 11.1 Å². The van der Waals surface area contributed by atoms with E-state index in [9.17, 15) is 4.79 Å². The molecule has 0 aliphatic heterocycles. The number of nitrogens with two attached hydrogens (primary N) is 1. The number of hydrogen-bond donors (Lipinski definition) is 2. The lowest BCUT2D eigenvalue weighted by atomic mass is 9.71. The van der Waals surface area contributed by atoms with Crippen LogP contribution in [0.25, 0.3) is 0 Å². The van der Waals surface area contributed by atoms with Crippen LogP contribution in [0.15, 0.2) is 0 Å². The second kappa shape index (κ2) is 7.69. The van der Waals surface area contributed by atoms with Crippen LogP contribution in [-0.2, 0) is 4.79 Å². The first-order valence-corrected chi connectivity index (χ1v) is 6.07. The lowest BCUT2D eigenvalue weighted by Gasteiger charge is -2.37. The summed E-state index contributed by atoms with van der Waals surface area (Å²) in [5.74, 6) is 0.632. The van der Waals surface area contributed by atoms with Gasteiger partial charge in [0, 0.05) is 6.54 Å². The van der Waals surface area contributed by atoms with Gasteiger partial charge in [-0.1, -0.05) is 27.2 Å². The Labute approximate surface area is 93.8 Å². The van der Waals surface area contributed by atoms with Crippen LogP contribution in [0, 0.1) is 11.3 Å². The van der Waals surface area contributed by atoms with Gasteiger partial charge in [-0.3, -0.25) is 4.79 Å². The molecule has 0 aromatic carbocycles. The number of carbonyl (C=O) groups excluding carboxylic acids is 1. The van der Waals surface area contributed by atoms with Gasteiger partial charge >= 0.3 is 0 Å². The molecule has 0 bridgehead atoms. The highest BCUT2D eigenvalue weighted by Gasteiger charge is 2.30.